The molecule has 7 heteroatoms. The standard InChI is InChI=1S/C15H21N3O4/c1-16-9-11-4-3-7-17(10-11)15(19)12-5-6-14(22-2)13(8-12)18(20)21/h5-6,8,11,16H,3-4,7,9-10H2,1-2H3. The van der Waals surface area contributed by atoms with Gasteiger partial charge in [0.1, 0.15) is 0 Å². The van der Waals surface area contributed by atoms with Crippen molar-refractivity contribution in [3.05, 3.63) is 33.9 Å². The summed E-state index contributed by atoms with van der Waals surface area (Å²) in [4.78, 5) is 24.9. The number of benzene rings is 1. The molecule has 1 aromatic rings. The van der Waals surface area contributed by atoms with Crippen molar-refractivity contribution in [3.8, 4) is 5.75 Å². The number of piperidine rings is 1. The second-order valence-electron chi connectivity index (χ2n) is 5.46. The van der Waals surface area contributed by atoms with Gasteiger partial charge in [0, 0.05) is 24.7 Å². The first-order chi connectivity index (χ1) is 10.6. The van der Waals surface area contributed by atoms with Gasteiger partial charge in [-0.3, -0.25) is 14.9 Å². The van der Waals surface area contributed by atoms with Crippen LogP contribution in [-0.2, 0) is 0 Å². The highest BCUT2D eigenvalue weighted by Crippen LogP contribution is 2.28. The molecule has 7 nitrogen and oxygen atoms in total. The molecule has 1 aliphatic heterocycles. The zero-order valence-electron chi connectivity index (χ0n) is 12.9. The van der Waals surface area contributed by atoms with Crippen LogP contribution in [-0.4, -0.2) is 49.5 Å². The molecule has 0 bridgehead atoms. The van der Waals surface area contributed by atoms with Crippen molar-refractivity contribution in [1.82, 2.24) is 10.2 Å². The van der Waals surface area contributed by atoms with E-state index in [2.05, 4.69) is 5.32 Å². The van der Waals surface area contributed by atoms with E-state index >= 15 is 0 Å². The lowest BCUT2D eigenvalue weighted by molar-refractivity contribution is -0.385. The van der Waals surface area contributed by atoms with Gasteiger partial charge >= 0.3 is 5.69 Å². The first-order valence-electron chi connectivity index (χ1n) is 7.33. The van der Waals surface area contributed by atoms with Crippen molar-refractivity contribution in [2.24, 2.45) is 5.92 Å². The summed E-state index contributed by atoms with van der Waals surface area (Å²) >= 11 is 0. The SMILES string of the molecule is CNCC1CCCN(C(=O)c2ccc(OC)c([N+](=O)[O-])c2)C1. The molecule has 1 N–H and O–H groups in total. The molecule has 0 aromatic heterocycles. The number of hydrogen-bond donors (Lipinski definition) is 1. The van der Waals surface area contributed by atoms with Gasteiger partial charge in [-0.1, -0.05) is 0 Å². The lowest BCUT2D eigenvalue weighted by Gasteiger charge is -2.32. The molecular formula is C15H21N3O4. The Morgan fingerprint density at radius 3 is 2.95 bits per heavy atom. The number of nitro benzene ring substituents is 1. The first kappa shape index (κ1) is 16.2. The van der Waals surface area contributed by atoms with E-state index in [9.17, 15) is 14.9 Å². The van der Waals surface area contributed by atoms with E-state index in [1.165, 1.54) is 19.2 Å². The molecule has 0 spiro atoms. The Labute approximate surface area is 129 Å². The van der Waals surface area contributed by atoms with Gasteiger partial charge in [-0.05, 0) is 44.5 Å². The number of amides is 1. The van der Waals surface area contributed by atoms with Gasteiger partial charge in [0.05, 0.1) is 12.0 Å². The minimum atomic E-state index is -0.532. The van der Waals surface area contributed by atoms with Crippen LogP contribution in [0.2, 0.25) is 0 Å². The van der Waals surface area contributed by atoms with E-state index in [1.807, 2.05) is 7.05 Å². The summed E-state index contributed by atoms with van der Waals surface area (Å²) in [6, 6.07) is 4.35. The molecule has 1 aliphatic rings. The Kier molecular flexibility index (Phi) is 5.32. The fourth-order valence-corrected chi connectivity index (χ4v) is 2.85. The highest BCUT2D eigenvalue weighted by Gasteiger charge is 2.26. The molecule has 120 valence electrons. The molecule has 1 atom stereocenters. The minimum absolute atomic E-state index is 0.160. The van der Waals surface area contributed by atoms with Crippen molar-refractivity contribution in [2.45, 2.75) is 12.8 Å². The molecule has 1 unspecified atom stereocenters. The Morgan fingerprint density at radius 2 is 2.32 bits per heavy atom. The largest absolute Gasteiger partial charge is 0.490 e. The average molecular weight is 307 g/mol. The lowest BCUT2D eigenvalue weighted by Crippen LogP contribution is -2.42. The number of hydrogen-bond acceptors (Lipinski definition) is 5. The van der Waals surface area contributed by atoms with E-state index in [-0.39, 0.29) is 17.3 Å². The molecule has 0 aliphatic carbocycles. The summed E-state index contributed by atoms with van der Waals surface area (Å²) in [7, 11) is 3.27. The van der Waals surface area contributed by atoms with Crippen LogP contribution in [0.1, 0.15) is 23.2 Å². The average Bonchev–Trinajstić information content (AvgIpc) is 2.54. The highest BCUT2D eigenvalue weighted by molar-refractivity contribution is 5.95. The number of ether oxygens (including phenoxy) is 1. The Morgan fingerprint density at radius 1 is 1.55 bits per heavy atom. The highest BCUT2D eigenvalue weighted by atomic mass is 16.6. The van der Waals surface area contributed by atoms with Gasteiger partial charge in [0.15, 0.2) is 5.75 Å². The number of nitrogens with one attached hydrogen (secondary N) is 1. The Bertz CT molecular complexity index is 560. The third kappa shape index (κ3) is 3.54. The maximum absolute atomic E-state index is 12.6. The Balaban J connectivity index is 2.18. The molecule has 1 heterocycles. The summed E-state index contributed by atoms with van der Waals surface area (Å²) < 4.78 is 4.96. The molecule has 1 aromatic carbocycles. The van der Waals surface area contributed by atoms with Crippen molar-refractivity contribution >= 4 is 11.6 Å². The molecule has 2 rings (SSSR count). The van der Waals surface area contributed by atoms with Gasteiger partial charge in [-0.2, -0.15) is 0 Å². The second kappa shape index (κ2) is 7.22. The summed E-state index contributed by atoms with van der Waals surface area (Å²) in [5.41, 5.74) is 0.148. The van der Waals surface area contributed by atoms with Crippen LogP contribution in [0.3, 0.4) is 0 Å². The molecular weight excluding hydrogens is 286 g/mol. The molecule has 1 amide bonds. The van der Waals surface area contributed by atoms with Crippen molar-refractivity contribution in [2.75, 3.05) is 33.8 Å². The maximum atomic E-state index is 12.6. The van der Waals surface area contributed by atoms with Crippen LogP contribution < -0.4 is 10.1 Å². The van der Waals surface area contributed by atoms with Crippen molar-refractivity contribution < 1.29 is 14.5 Å². The number of carbonyl (C=O) groups excluding carboxylic acids is 1. The molecule has 0 saturated carbocycles. The molecule has 1 fully saturated rings. The van der Waals surface area contributed by atoms with E-state index < -0.39 is 4.92 Å². The predicted octanol–water partition coefficient (Wildman–Crippen LogP) is 1.68. The van der Waals surface area contributed by atoms with Crippen LogP contribution in [0.5, 0.6) is 5.75 Å². The van der Waals surface area contributed by atoms with Gasteiger partial charge in [0.2, 0.25) is 0 Å². The number of carbonyl (C=O) groups is 1. The van der Waals surface area contributed by atoms with Gasteiger partial charge in [0.25, 0.3) is 5.91 Å². The van der Waals surface area contributed by atoms with Crippen LogP contribution in [0.15, 0.2) is 18.2 Å². The molecule has 22 heavy (non-hydrogen) atoms. The second-order valence-corrected chi connectivity index (χ2v) is 5.46. The lowest BCUT2D eigenvalue weighted by atomic mass is 9.97. The number of likely N-dealkylation sites (tertiary alicyclic amines) is 1. The monoisotopic (exact) mass is 307 g/mol. The molecule has 1 saturated heterocycles. The van der Waals surface area contributed by atoms with E-state index in [4.69, 9.17) is 4.74 Å². The molecule has 0 radical (unpaired) electrons. The number of methoxy groups -OCH3 is 1. The summed E-state index contributed by atoms with van der Waals surface area (Å²) in [5.74, 6) is 0.427. The van der Waals surface area contributed by atoms with E-state index in [1.54, 1.807) is 11.0 Å². The number of nitro groups is 1. The van der Waals surface area contributed by atoms with Crippen molar-refractivity contribution in [3.63, 3.8) is 0 Å². The van der Waals surface area contributed by atoms with Gasteiger partial charge < -0.3 is 15.0 Å². The number of nitrogens with zero attached hydrogens (tertiary/aromatic N) is 2. The van der Waals surface area contributed by atoms with E-state index in [0.29, 0.717) is 24.6 Å². The fourth-order valence-electron chi connectivity index (χ4n) is 2.85. The van der Waals surface area contributed by atoms with Crippen LogP contribution in [0.4, 0.5) is 5.69 Å². The summed E-state index contributed by atoms with van der Waals surface area (Å²) in [6.07, 6.45) is 2.05. The van der Waals surface area contributed by atoms with Crippen molar-refractivity contribution in [1.29, 1.82) is 0 Å². The van der Waals surface area contributed by atoms with Crippen LogP contribution >= 0.6 is 0 Å². The zero-order chi connectivity index (χ0) is 16.1. The third-order valence-electron chi connectivity index (χ3n) is 3.92. The maximum Gasteiger partial charge on any atom is 0.311 e. The van der Waals surface area contributed by atoms with Gasteiger partial charge in [-0.25, -0.2) is 0 Å². The third-order valence-corrected chi connectivity index (χ3v) is 3.92. The topological polar surface area (TPSA) is 84.7 Å². The predicted molar refractivity (Wildman–Crippen MR) is 82.2 cm³/mol. The van der Waals surface area contributed by atoms with Gasteiger partial charge in [-0.15, -0.1) is 0 Å². The van der Waals surface area contributed by atoms with Crippen LogP contribution in [0.25, 0.3) is 0 Å². The summed E-state index contributed by atoms with van der Waals surface area (Å²) in [5, 5.41) is 14.2. The minimum Gasteiger partial charge on any atom is -0.490 e. The van der Waals surface area contributed by atoms with E-state index in [0.717, 1.165) is 19.4 Å². The van der Waals surface area contributed by atoms with Crippen LogP contribution in [0, 0.1) is 16.0 Å². The normalized spacial score (nSPS) is 18.1. The fraction of sp³-hybridized carbons (Fsp3) is 0.533. The smallest absolute Gasteiger partial charge is 0.311 e. The quantitative estimate of drug-likeness (QED) is 0.661. The number of rotatable bonds is 5. The first-order valence-corrected chi connectivity index (χ1v) is 7.33. The Hall–Kier alpha value is -2.15. The summed E-state index contributed by atoms with van der Waals surface area (Å²) in [6.45, 7) is 2.24. The zero-order valence-corrected chi connectivity index (χ0v) is 12.9.